The summed E-state index contributed by atoms with van der Waals surface area (Å²) in [6, 6.07) is 17.7. The predicted octanol–water partition coefficient (Wildman–Crippen LogP) is 6.67. The van der Waals surface area contributed by atoms with Gasteiger partial charge in [-0.05, 0) is 53.9 Å². The van der Waals surface area contributed by atoms with Gasteiger partial charge < -0.3 is 9.47 Å². The maximum Gasteiger partial charge on any atom is 0.0686 e. The third-order valence-corrected chi connectivity index (χ3v) is 7.18. The Morgan fingerprint density at radius 2 is 1.27 bits per heavy atom. The molecule has 0 saturated carbocycles. The highest BCUT2D eigenvalue weighted by Crippen LogP contribution is 2.40. The van der Waals surface area contributed by atoms with Crippen LogP contribution in [0, 0.1) is 5.92 Å². The van der Waals surface area contributed by atoms with E-state index in [9.17, 15) is 0 Å². The zero-order valence-electron chi connectivity index (χ0n) is 19.0. The van der Waals surface area contributed by atoms with Crippen LogP contribution in [0.2, 0.25) is 0 Å². The van der Waals surface area contributed by atoms with E-state index < -0.39 is 0 Å². The van der Waals surface area contributed by atoms with Crippen molar-refractivity contribution in [1.29, 1.82) is 0 Å². The molecule has 0 amide bonds. The van der Waals surface area contributed by atoms with Crippen molar-refractivity contribution < 1.29 is 9.47 Å². The summed E-state index contributed by atoms with van der Waals surface area (Å²) in [7, 11) is 0. The highest BCUT2D eigenvalue weighted by atomic mass is 16.5. The van der Waals surface area contributed by atoms with Gasteiger partial charge in [-0.2, -0.15) is 0 Å². The van der Waals surface area contributed by atoms with Crippen LogP contribution in [0.15, 0.2) is 48.5 Å². The maximum atomic E-state index is 6.37. The van der Waals surface area contributed by atoms with Gasteiger partial charge in [0.1, 0.15) is 0 Å². The highest BCUT2D eigenvalue weighted by Gasteiger charge is 2.34. The zero-order chi connectivity index (χ0) is 20.9. The summed E-state index contributed by atoms with van der Waals surface area (Å²) < 4.78 is 12.6. The van der Waals surface area contributed by atoms with Crippen LogP contribution in [-0.4, -0.2) is 25.4 Å². The van der Waals surface area contributed by atoms with Crippen molar-refractivity contribution in [2.75, 3.05) is 13.2 Å². The number of benzene rings is 2. The summed E-state index contributed by atoms with van der Waals surface area (Å²) in [5.74, 6) is 1.70. The van der Waals surface area contributed by atoms with E-state index >= 15 is 0 Å². The summed E-state index contributed by atoms with van der Waals surface area (Å²) in [6.45, 7) is 8.73. The van der Waals surface area contributed by atoms with E-state index in [1.165, 1.54) is 35.1 Å². The van der Waals surface area contributed by atoms with Gasteiger partial charge >= 0.3 is 0 Å². The van der Waals surface area contributed by atoms with Gasteiger partial charge in [-0.3, -0.25) is 0 Å². The number of ether oxygens (including phenoxy) is 2. The monoisotopic (exact) mass is 406 g/mol. The largest absolute Gasteiger partial charge is 0.377 e. The molecule has 0 fully saturated rings. The first kappa shape index (κ1) is 21.6. The second-order valence-electron chi connectivity index (χ2n) is 9.60. The summed E-state index contributed by atoms with van der Waals surface area (Å²) in [4.78, 5) is 0. The Labute approximate surface area is 183 Å². The molecule has 0 spiro atoms. The highest BCUT2D eigenvalue weighted by molar-refractivity contribution is 5.37. The van der Waals surface area contributed by atoms with Gasteiger partial charge in [-0.15, -0.1) is 0 Å². The predicted molar refractivity (Wildman–Crippen MR) is 124 cm³/mol. The molecule has 4 atom stereocenters. The van der Waals surface area contributed by atoms with Crippen molar-refractivity contribution in [2.45, 2.75) is 83.3 Å². The Bertz CT molecular complexity index is 812. The van der Waals surface area contributed by atoms with Crippen molar-refractivity contribution in [3.05, 3.63) is 70.8 Å². The van der Waals surface area contributed by atoms with Crippen LogP contribution < -0.4 is 0 Å². The van der Waals surface area contributed by atoms with Crippen LogP contribution >= 0.6 is 0 Å². The molecule has 1 unspecified atom stereocenters. The smallest absolute Gasteiger partial charge is 0.0686 e. The van der Waals surface area contributed by atoms with E-state index in [-0.39, 0.29) is 0 Å². The molecule has 2 aliphatic rings. The maximum absolute atomic E-state index is 6.37. The zero-order valence-corrected chi connectivity index (χ0v) is 19.0. The molecule has 2 aromatic rings. The molecule has 0 heterocycles. The van der Waals surface area contributed by atoms with Gasteiger partial charge in [0.15, 0.2) is 0 Å². The Morgan fingerprint density at radius 1 is 0.733 bits per heavy atom. The van der Waals surface area contributed by atoms with Gasteiger partial charge in [-0.25, -0.2) is 0 Å². The molecule has 4 rings (SSSR count). The first-order valence-corrected chi connectivity index (χ1v) is 12.0. The second kappa shape index (κ2) is 10.1. The van der Waals surface area contributed by atoms with Gasteiger partial charge in [0.25, 0.3) is 0 Å². The third-order valence-electron chi connectivity index (χ3n) is 7.18. The topological polar surface area (TPSA) is 18.5 Å². The summed E-state index contributed by atoms with van der Waals surface area (Å²) in [6.07, 6.45) is 7.65. The quantitative estimate of drug-likeness (QED) is 0.410. The van der Waals surface area contributed by atoms with Crippen molar-refractivity contribution in [1.82, 2.24) is 0 Å². The minimum absolute atomic E-state index is 0.358. The third kappa shape index (κ3) is 4.81. The van der Waals surface area contributed by atoms with Crippen LogP contribution in [0.3, 0.4) is 0 Å². The minimum atomic E-state index is 0.358. The Balaban J connectivity index is 1.10. The molecular formula is C28H38O2. The second-order valence-corrected chi connectivity index (χ2v) is 9.60. The molecule has 0 bridgehead atoms. The standard InChI is InChI=1S/C28H38O2/c1-20(2)28-25-15-9-7-13-23(25)19-27(28)30-17-11-5-4-10-16-29-26-18-22-12-6-8-14-24(22)21(26)3/h6-9,12-15,20-21,26-28H,4-5,10-11,16-19H2,1-3H3/t21-,26+,27+,28?/m0/s1. The molecule has 0 N–H and O–H groups in total. The first-order valence-electron chi connectivity index (χ1n) is 12.0. The van der Waals surface area contributed by atoms with Crippen LogP contribution in [0.1, 0.15) is 80.5 Å². The normalized spacial score (nSPS) is 24.9. The molecule has 2 nitrogen and oxygen atoms in total. The number of hydrogen-bond donors (Lipinski definition) is 0. The van der Waals surface area contributed by atoms with E-state index in [1.54, 1.807) is 0 Å². The van der Waals surface area contributed by atoms with Crippen molar-refractivity contribution in [3.63, 3.8) is 0 Å². The van der Waals surface area contributed by atoms with Gasteiger partial charge in [0.05, 0.1) is 12.2 Å². The van der Waals surface area contributed by atoms with Crippen LogP contribution in [-0.2, 0) is 22.3 Å². The fourth-order valence-electron chi connectivity index (χ4n) is 5.53. The molecular weight excluding hydrogens is 368 g/mol. The summed E-state index contributed by atoms with van der Waals surface area (Å²) in [5, 5.41) is 0. The fraction of sp³-hybridized carbons (Fsp3) is 0.571. The Morgan fingerprint density at radius 3 is 1.90 bits per heavy atom. The number of rotatable bonds is 10. The molecule has 2 aliphatic carbocycles. The lowest BCUT2D eigenvalue weighted by atomic mass is 9.88. The average molecular weight is 407 g/mol. The lowest BCUT2D eigenvalue weighted by Gasteiger charge is -2.24. The molecule has 0 radical (unpaired) electrons. The molecule has 0 saturated heterocycles. The van der Waals surface area contributed by atoms with E-state index in [2.05, 4.69) is 69.3 Å². The molecule has 0 aromatic heterocycles. The van der Waals surface area contributed by atoms with Gasteiger partial charge in [0, 0.05) is 25.0 Å². The number of unbranched alkanes of at least 4 members (excludes halogenated alkanes) is 3. The van der Waals surface area contributed by atoms with Crippen molar-refractivity contribution >= 4 is 0 Å². The van der Waals surface area contributed by atoms with E-state index in [4.69, 9.17) is 9.47 Å². The minimum Gasteiger partial charge on any atom is -0.377 e. The van der Waals surface area contributed by atoms with Crippen LogP contribution in [0.5, 0.6) is 0 Å². The fourth-order valence-corrected chi connectivity index (χ4v) is 5.53. The molecule has 30 heavy (non-hydrogen) atoms. The lowest BCUT2D eigenvalue weighted by Crippen LogP contribution is -2.23. The SMILES string of the molecule is CC(C)C1c2ccccc2C[C@H]1OCCCCCCO[C@@H]1Cc2ccccc2[C@@H]1C. The number of hydrogen-bond acceptors (Lipinski definition) is 2. The molecule has 2 heteroatoms. The molecule has 0 aliphatic heterocycles. The molecule has 162 valence electrons. The lowest BCUT2D eigenvalue weighted by molar-refractivity contribution is 0.0280. The van der Waals surface area contributed by atoms with E-state index in [0.29, 0.717) is 30.0 Å². The van der Waals surface area contributed by atoms with E-state index in [0.717, 1.165) is 38.9 Å². The van der Waals surface area contributed by atoms with Gasteiger partial charge in [-0.1, -0.05) is 82.1 Å². The summed E-state index contributed by atoms with van der Waals surface area (Å²) in [5.41, 5.74) is 5.95. The van der Waals surface area contributed by atoms with Crippen molar-refractivity contribution in [2.24, 2.45) is 5.92 Å². The molecule has 2 aromatic carbocycles. The van der Waals surface area contributed by atoms with Crippen molar-refractivity contribution in [3.8, 4) is 0 Å². The van der Waals surface area contributed by atoms with Gasteiger partial charge in [0.2, 0.25) is 0 Å². The Kier molecular flexibility index (Phi) is 7.28. The first-order chi connectivity index (χ1) is 14.6. The Hall–Kier alpha value is -1.64. The van der Waals surface area contributed by atoms with E-state index in [1.807, 2.05) is 0 Å². The number of fused-ring (bicyclic) bond motifs is 2. The van der Waals surface area contributed by atoms with Crippen LogP contribution in [0.25, 0.3) is 0 Å². The van der Waals surface area contributed by atoms with Crippen LogP contribution in [0.4, 0.5) is 0 Å². The summed E-state index contributed by atoms with van der Waals surface area (Å²) >= 11 is 0. The average Bonchev–Trinajstić information content (AvgIpc) is 3.28.